The summed E-state index contributed by atoms with van der Waals surface area (Å²) in [6.07, 6.45) is 1.74. The Balaban J connectivity index is 1.61. The van der Waals surface area contributed by atoms with E-state index in [0.717, 1.165) is 45.1 Å². The maximum Gasteiger partial charge on any atom is 0.293 e. The van der Waals surface area contributed by atoms with Gasteiger partial charge in [-0.15, -0.1) is 0 Å². The molecule has 3 aromatic rings. The first kappa shape index (κ1) is 22.2. The van der Waals surface area contributed by atoms with Gasteiger partial charge >= 0.3 is 0 Å². The summed E-state index contributed by atoms with van der Waals surface area (Å²) in [5, 5.41) is -0.207. The van der Waals surface area contributed by atoms with E-state index in [9.17, 15) is 14.0 Å². The van der Waals surface area contributed by atoms with Crippen molar-refractivity contribution in [3.05, 3.63) is 86.8 Å². The first-order valence-electron chi connectivity index (χ1n) is 9.81. The summed E-state index contributed by atoms with van der Waals surface area (Å²) >= 11 is 6.95. The lowest BCUT2D eigenvalue weighted by molar-refractivity contribution is -0.123. The molecule has 0 radical (unpaired) electrons. The predicted molar refractivity (Wildman–Crippen MR) is 125 cm³/mol. The van der Waals surface area contributed by atoms with Crippen LogP contribution >= 0.6 is 23.4 Å². The lowest BCUT2D eigenvalue weighted by atomic mass is 10.2. The van der Waals surface area contributed by atoms with E-state index in [0.29, 0.717) is 10.5 Å². The maximum absolute atomic E-state index is 13.3. The number of halogens is 2. The molecule has 0 atom stereocenters. The van der Waals surface area contributed by atoms with Crippen LogP contribution in [0.2, 0.25) is 5.02 Å². The number of nitrogens with zero attached hydrogens (tertiary/aromatic N) is 2. The number of thioether (sulfide) groups is 1. The SMILES string of the molecule is COc1ccc(-n2c(C)cc(/C=C3\SC(=O)N(Cc4ccc(F)cc4Cl)C3=O)c2C)cc1. The molecule has 0 N–H and O–H groups in total. The van der Waals surface area contributed by atoms with Crippen LogP contribution in [0.1, 0.15) is 22.5 Å². The first-order valence-corrected chi connectivity index (χ1v) is 11.0. The number of hydrogen-bond acceptors (Lipinski definition) is 4. The fraction of sp³-hybridized carbons (Fsp3) is 0.167. The molecule has 0 aliphatic carbocycles. The van der Waals surface area contributed by atoms with Gasteiger partial charge in [0.1, 0.15) is 11.6 Å². The van der Waals surface area contributed by atoms with Crippen molar-refractivity contribution in [2.24, 2.45) is 0 Å². The van der Waals surface area contributed by atoms with Crippen molar-refractivity contribution >= 4 is 40.6 Å². The van der Waals surface area contributed by atoms with Crippen molar-refractivity contribution in [1.29, 1.82) is 0 Å². The Labute approximate surface area is 194 Å². The highest BCUT2D eigenvalue weighted by Crippen LogP contribution is 2.35. The summed E-state index contributed by atoms with van der Waals surface area (Å²) in [5.74, 6) is -0.0963. The van der Waals surface area contributed by atoms with Gasteiger partial charge in [0.2, 0.25) is 0 Å². The van der Waals surface area contributed by atoms with Gasteiger partial charge in [-0.1, -0.05) is 17.7 Å². The minimum absolute atomic E-state index is 0.00795. The summed E-state index contributed by atoms with van der Waals surface area (Å²) in [6.45, 7) is 3.94. The lowest BCUT2D eigenvalue weighted by Gasteiger charge is -2.13. The number of hydrogen-bond donors (Lipinski definition) is 0. The molecule has 164 valence electrons. The van der Waals surface area contributed by atoms with E-state index in [1.807, 2.05) is 44.2 Å². The zero-order valence-electron chi connectivity index (χ0n) is 17.7. The zero-order valence-corrected chi connectivity index (χ0v) is 19.3. The molecule has 8 heteroatoms. The van der Waals surface area contributed by atoms with Crippen molar-refractivity contribution in [2.45, 2.75) is 20.4 Å². The Morgan fingerprint density at radius 2 is 1.81 bits per heavy atom. The minimum atomic E-state index is -0.472. The van der Waals surface area contributed by atoms with Crippen molar-refractivity contribution in [3.63, 3.8) is 0 Å². The third-order valence-corrected chi connectivity index (χ3v) is 6.56. The second kappa shape index (κ2) is 8.84. The van der Waals surface area contributed by atoms with E-state index in [2.05, 4.69) is 4.57 Å². The number of methoxy groups -OCH3 is 1. The molecule has 32 heavy (non-hydrogen) atoms. The van der Waals surface area contributed by atoms with E-state index in [1.54, 1.807) is 13.2 Å². The summed E-state index contributed by atoms with van der Waals surface area (Å²) in [4.78, 5) is 26.9. The second-order valence-corrected chi connectivity index (χ2v) is 8.76. The molecule has 1 aliphatic rings. The van der Waals surface area contributed by atoms with Crippen LogP contribution in [0.15, 0.2) is 53.4 Å². The van der Waals surface area contributed by atoms with E-state index in [1.165, 1.54) is 18.2 Å². The second-order valence-electron chi connectivity index (χ2n) is 7.36. The molecule has 1 aromatic heterocycles. The fourth-order valence-corrected chi connectivity index (χ4v) is 4.72. The maximum atomic E-state index is 13.3. The fourth-order valence-electron chi connectivity index (χ4n) is 3.66. The number of imide groups is 1. The standard InChI is InChI=1S/C24H20ClFN2O3S/c1-14-10-17(15(2)28(14)19-6-8-20(31-3)9-7-19)11-22-23(29)27(24(30)32-22)13-16-4-5-18(26)12-21(16)25/h4-12H,13H2,1-3H3/b22-11-. The Morgan fingerprint density at radius 3 is 2.47 bits per heavy atom. The van der Waals surface area contributed by atoms with Gasteiger partial charge in [-0.2, -0.15) is 0 Å². The van der Waals surface area contributed by atoms with Crippen LogP contribution in [-0.2, 0) is 11.3 Å². The topological polar surface area (TPSA) is 51.5 Å². The normalized spacial score (nSPS) is 15.2. The van der Waals surface area contributed by atoms with Crippen LogP contribution in [0.5, 0.6) is 5.75 Å². The van der Waals surface area contributed by atoms with Crippen LogP contribution < -0.4 is 4.74 Å². The number of rotatable bonds is 5. The molecule has 2 heterocycles. The number of aryl methyl sites for hydroxylation is 1. The largest absolute Gasteiger partial charge is 0.497 e. The number of aromatic nitrogens is 1. The van der Waals surface area contributed by atoms with E-state index >= 15 is 0 Å². The summed E-state index contributed by atoms with van der Waals surface area (Å²) < 4.78 is 20.6. The van der Waals surface area contributed by atoms with E-state index in [4.69, 9.17) is 16.3 Å². The van der Waals surface area contributed by atoms with Crippen molar-refractivity contribution in [1.82, 2.24) is 9.47 Å². The monoisotopic (exact) mass is 470 g/mol. The van der Waals surface area contributed by atoms with Gasteiger partial charge < -0.3 is 9.30 Å². The Bertz CT molecular complexity index is 1250. The van der Waals surface area contributed by atoms with Crippen molar-refractivity contribution in [3.8, 4) is 11.4 Å². The Morgan fingerprint density at radius 1 is 1.09 bits per heavy atom. The number of carbonyl (C=O) groups excluding carboxylic acids is 2. The molecule has 0 bridgehead atoms. The van der Waals surface area contributed by atoms with Crippen LogP contribution in [0.3, 0.4) is 0 Å². The third-order valence-electron chi connectivity index (χ3n) is 5.30. The van der Waals surface area contributed by atoms with Crippen LogP contribution in [0.4, 0.5) is 9.18 Å². The van der Waals surface area contributed by atoms with Crippen LogP contribution in [0.25, 0.3) is 11.8 Å². The van der Waals surface area contributed by atoms with E-state index in [-0.39, 0.29) is 16.8 Å². The Hall–Kier alpha value is -3.03. The van der Waals surface area contributed by atoms with Crippen molar-refractivity contribution in [2.75, 3.05) is 7.11 Å². The summed E-state index contributed by atoms with van der Waals surface area (Å²) in [6, 6.07) is 13.6. The molecular formula is C24H20ClFN2O3S. The first-order chi connectivity index (χ1) is 15.3. The van der Waals surface area contributed by atoms with Gasteiger partial charge in [-0.3, -0.25) is 14.5 Å². The zero-order chi connectivity index (χ0) is 23.0. The summed E-state index contributed by atoms with van der Waals surface area (Å²) in [7, 11) is 1.62. The molecule has 5 nitrogen and oxygen atoms in total. The average Bonchev–Trinajstić information content (AvgIpc) is 3.19. The molecular weight excluding hydrogens is 451 g/mol. The van der Waals surface area contributed by atoms with Gasteiger partial charge in [0.15, 0.2) is 0 Å². The molecule has 1 saturated heterocycles. The molecule has 0 spiro atoms. The molecule has 1 aliphatic heterocycles. The number of carbonyl (C=O) groups is 2. The highest BCUT2D eigenvalue weighted by Gasteiger charge is 2.35. The van der Waals surface area contributed by atoms with Gasteiger partial charge in [0, 0.05) is 22.1 Å². The smallest absolute Gasteiger partial charge is 0.293 e. The molecule has 2 aromatic carbocycles. The van der Waals surface area contributed by atoms with Gasteiger partial charge in [-0.05, 0) is 85.3 Å². The Kier molecular flexibility index (Phi) is 6.13. The van der Waals surface area contributed by atoms with Crippen LogP contribution in [0, 0.1) is 19.7 Å². The quantitative estimate of drug-likeness (QED) is 0.421. The molecule has 0 unspecified atom stereocenters. The summed E-state index contributed by atoms with van der Waals surface area (Å²) in [5.41, 5.74) is 4.27. The molecule has 0 saturated carbocycles. The van der Waals surface area contributed by atoms with Crippen molar-refractivity contribution < 1.29 is 18.7 Å². The van der Waals surface area contributed by atoms with Gasteiger partial charge in [0.05, 0.1) is 18.6 Å². The van der Waals surface area contributed by atoms with Gasteiger partial charge in [-0.25, -0.2) is 4.39 Å². The highest BCUT2D eigenvalue weighted by molar-refractivity contribution is 8.18. The predicted octanol–water partition coefficient (Wildman–Crippen LogP) is 6.13. The average molecular weight is 471 g/mol. The van der Waals surface area contributed by atoms with E-state index < -0.39 is 11.7 Å². The minimum Gasteiger partial charge on any atom is -0.497 e. The third kappa shape index (κ3) is 4.18. The molecule has 4 rings (SSSR count). The van der Waals surface area contributed by atoms with Gasteiger partial charge in [0.25, 0.3) is 11.1 Å². The lowest BCUT2D eigenvalue weighted by Crippen LogP contribution is -2.27. The number of benzene rings is 2. The highest BCUT2D eigenvalue weighted by atomic mass is 35.5. The number of ether oxygens (including phenoxy) is 1. The van der Waals surface area contributed by atoms with Crippen LogP contribution in [-0.4, -0.2) is 27.7 Å². The molecule has 2 amide bonds. The molecule has 1 fully saturated rings. The number of amides is 2.